The van der Waals surface area contributed by atoms with Crippen LogP contribution in [0, 0.1) is 25.0 Å². The minimum Gasteiger partial charge on any atom is -0.400 e. The smallest absolute Gasteiger partial charge is 0.386 e. The quantitative estimate of drug-likeness (QED) is 0.0291. The summed E-state index contributed by atoms with van der Waals surface area (Å²) in [6, 6.07) is 0.132. The number of amides is 2. The summed E-state index contributed by atoms with van der Waals surface area (Å²) < 4.78 is 118. The van der Waals surface area contributed by atoms with E-state index >= 15 is 0 Å². The maximum atomic E-state index is 11.5. The zero-order chi connectivity index (χ0) is 112. The highest BCUT2D eigenvalue weighted by Gasteiger charge is 2.32. The lowest BCUT2D eigenvalue weighted by molar-refractivity contribution is -0.123. The van der Waals surface area contributed by atoms with Crippen molar-refractivity contribution in [1.82, 2.24) is 9.62 Å². The molecule has 0 saturated carbocycles. The number of carbonyl (C=O) groups is 4. The second-order valence-electron chi connectivity index (χ2n) is 22.0. The fourth-order valence-electron chi connectivity index (χ4n) is 5.18. The van der Waals surface area contributed by atoms with E-state index in [2.05, 4.69) is 254 Å². The number of nitrogens with zero attached hydrogens (tertiary/aromatic N) is 4. The van der Waals surface area contributed by atoms with Crippen LogP contribution in [0.1, 0.15) is 337 Å². The molecule has 18 nitrogen and oxygen atoms in total. The fourth-order valence-corrected chi connectivity index (χ4v) is 5.18. The van der Waals surface area contributed by atoms with E-state index in [1.165, 1.54) is 145 Å². The zero-order valence-corrected chi connectivity index (χ0v) is 103. The Bertz CT molecular complexity index is 1490. The van der Waals surface area contributed by atoms with Crippen LogP contribution in [-0.2, 0) is 57.1 Å². The molecule has 2 rings (SSSR count). The summed E-state index contributed by atoms with van der Waals surface area (Å²) >= 11 is 19.5. The van der Waals surface area contributed by atoms with Crippen molar-refractivity contribution in [1.29, 1.82) is 0 Å². The molecule has 0 spiro atoms. The van der Waals surface area contributed by atoms with Crippen LogP contribution >= 0.6 is 100 Å². The Kier molecular flexibility index (Phi) is 524. The molecule has 2 N–H and O–H groups in total. The van der Waals surface area contributed by atoms with Crippen molar-refractivity contribution in [2.75, 3.05) is 188 Å². The lowest BCUT2D eigenvalue weighted by Gasteiger charge is -2.21. The number of hydrogen-bond donors (Lipinski definition) is 2. The van der Waals surface area contributed by atoms with Crippen LogP contribution < -0.4 is 0 Å². The third kappa shape index (κ3) is 455. The molecule has 2 aliphatic rings. The molecule has 0 bridgehead atoms. The molecule has 804 valence electrons. The first-order chi connectivity index (χ1) is 60.6. The fraction of sp³-hybridized carbons (Fsp3) is 0.894. The molecule has 0 aromatic heterocycles. The van der Waals surface area contributed by atoms with Crippen molar-refractivity contribution in [2.45, 2.75) is 362 Å². The Balaban J connectivity index is -0.0000000252. The van der Waals surface area contributed by atoms with Crippen LogP contribution in [0.15, 0.2) is 22.3 Å². The van der Waals surface area contributed by atoms with Gasteiger partial charge in [-0.3, -0.25) is 18.4 Å². The van der Waals surface area contributed by atoms with Gasteiger partial charge in [0.1, 0.15) is 13.6 Å². The molecule has 2 heterocycles. The van der Waals surface area contributed by atoms with Crippen LogP contribution in [0.3, 0.4) is 0 Å². The Labute approximate surface area is 853 Å². The predicted molar refractivity (Wildman–Crippen MR) is 591 cm³/mol. The van der Waals surface area contributed by atoms with Gasteiger partial charge in [-0.1, -0.05) is 333 Å². The summed E-state index contributed by atoms with van der Waals surface area (Å²) in [6.07, 6.45) is 18.0. The molecule has 2 aliphatic heterocycles. The molecule has 4 radical (unpaired) electrons. The summed E-state index contributed by atoms with van der Waals surface area (Å²) in [5.74, 6) is 4.24. The molecule has 0 saturated heterocycles. The number of carbonyl (C=O) groups excluding carboxylic acids is 4. The second-order valence-corrected chi connectivity index (χ2v) is 22.0. The summed E-state index contributed by atoms with van der Waals surface area (Å²) in [6.45, 7) is 83.7. The van der Waals surface area contributed by atoms with E-state index in [1.54, 1.807) is 71.1 Å². The first-order valence-electron chi connectivity index (χ1n) is 43.0. The van der Waals surface area contributed by atoms with E-state index in [4.69, 9.17) is 67.9 Å². The average molecular weight is 2290 g/mol. The summed E-state index contributed by atoms with van der Waals surface area (Å²) in [7, 11) is 33.7. The average Bonchev–Trinajstić information content (AvgIpc) is 1.67. The number of ether oxygens (including phenoxy) is 8. The van der Waals surface area contributed by atoms with Crippen LogP contribution in [-0.4, -0.2) is 273 Å². The minimum atomic E-state index is -4.00. The van der Waals surface area contributed by atoms with E-state index in [0.717, 1.165) is 83.4 Å². The largest absolute Gasteiger partial charge is 0.400 e. The molecule has 128 heavy (non-hydrogen) atoms. The molecule has 2 unspecified atom stereocenters. The van der Waals surface area contributed by atoms with Gasteiger partial charge in [0.05, 0.1) is 14.4 Å². The maximum Gasteiger partial charge on any atom is 0.386 e. The van der Waals surface area contributed by atoms with Gasteiger partial charge in [0.25, 0.3) is 0 Å². The van der Waals surface area contributed by atoms with Crippen molar-refractivity contribution in [3.05, 3.63) is 45.1 Å². The summed E-state index contributed by atoms with van der Waals surface area (Å²) in [5, 5.41) is 14.0. The van der Waals surface area contributed by atoms with Gasteiger partial charge in [-0.2, -0.15) is 26.3 Å². The van der Waals surface area contributed by atoms with Crippen molar-refractivity contribution < 1.29 is 102 Å². The van der Waals surface area contributed by atoms with E-state index in [-0.39, 0.29) is 43.7 Å². The molecule has 0 aromatic carbocycles. The highest BCUT2D eigenvalue weighted by molar-refractivity contribution is 14.1. The van der Waals surface area contributed by atoms with E-state index < -0.39 is 12.4 Å². The number of methoxy groups -OCH3 is 8. The number of rotatable bonds is 20. The Morgan fingerprint density at radius 1 is 0.414 bits per heavy atom. The topological polar surface area (TPSA) is 198 Å². The van der Waals surface area contributed by atoms with Crippen LogP contribution in [0.25, 0.3) is 9.69 Å². The van der Waals surface area contributed by atoms with Gasteiger partial charge in [0.2, 0.25) is 41.9 Å². The molecule has 34 heteroatoms. The lowest BCUT2D eigenvalue weighted by atomic mass is 9.95. The molecule has 0 fully saturated rings. The SMILES string of the molecule is C=O.C=O.CBr.CBr.CC.CC.CC(F)(F)F.CC(F)(F)F.CCC.CCC.CCCC.CCCC.CCCCC.CCCCC.CCCCOC.CCCCOC.CCCOC.CCCOC.CCOC.CCOC.CCl.CCl.CF.CF.CI.CI.CO.CO.COC.COC.[B]N1C(=O)C(C(C)C)=C(C)C1C.[B]N1C(=O)C(C)=C(C(C)C)C1C.[C-]#[N+]C.[C-]#[N+]C. The minimum absolute atomic E-state index is 0.0185. The molecule has 2 atom stereocenters. The highest BCUT2D eigenvalue weighted by Crippen LogP contribution is 2.30. The number of aliphatic hydroxyl groups excluding tert-OH is 2. The van der Waals surface area contributed by atoms with Gasteiger partial charge in [0.15, 0.2) is 0 Å². The van der Waals surface area contributed by atoms with Crippen LogP contribution in [0.5, 0.6) is 0 Å². The number of unbranched alkanes of at least 4 members (excludes halogenated alkanes) is 8. The van der Waals surface area contributed by atoms with Gasteiger partial charge in [-0.25, -0.2) is 13.1 Å². The van der Waals surface area contributed by atoms with Gasteiger partial charge < -0.3 is 77.0 Å². The molecule has 0 aliphatic carbocycles. The summed E-state index contributed by atoms with van der Waals surface area (Å²) in [5.41, 5.74) is 3.98. The van der Waals surface area contributed by atoms with E-state index in [9.17, 15) is 44.7 Å². The van der Waals surface area contributed by atoms with Gasteiger partial charge in [-0.15, -0.1) is 23.2 Å². The number of halogens is 14. The first kappa shape index (κ1) is 223. The van der Waals surface area contributed by atoms with Crippen LogP contribution in [0.4, 0.5) is 35.1 Å². The first-order valence-corrected chi connectivity index (χ1v) is 52.0. The normalized spacial score (nSPS) is 9.95. The van der Waals surface area contributed by atoms with Crippen molar-refractivity contribution in [2.24, 2.45) is 11.8 Å². The standard InChI is InChI=1S/2C9H14BNO.2C5H12O.2C5H12.2C4H10O.2C4H10.2C3H8O.2C3H8.2C2H3F3.2C2H3N.2C2H6O.2C2H6.2CH3Br.2CH3Cl.2CH3F.2CH3I.2CH4O.2CH2O/c1-5(2)8-6(3)9(12)11(10)7(8)4;1-5(2)8-6(3)7(4)11(10)9(8)12;2*1-3-4-5-6-2;2*1-3-5-4-2;2*1-3-4-5-2;4*1-3-4-2;2*1-3-2;2*1-2(3,4)5;4*1-3-2;14*1-2/h2*5,7H,1-4H3;2*3-5H2,1-2H3;2*3-5H2,1-2H3;2*3-4H2,1-2H3;2*3-4H2,1-2H3;2*3H2,1-2H3;2*3H2,1-2H3;2*1H3;2*1H3;2*1-2H3;2*1-2H3;8*1H3;2*2H,1H3;2*1H2. The van der Waals surface area contributed by atoms with Gasteiger partial charge in [0, 0.05) is 175 Å². The third-order valence-electron chi connectivity index (χ3n) is 10.2. The molecule has 0 aromatic rings. The van der Waals surface area contributed by atoms with Gasteiger partial charge in [-0.05, 0) is 112 Å². The predicted octanol–water partition coefficient (Wildman–Crippen LogP) is 32.3. The lowest BCUT2D eigenvalue weighted by Crippen LogP contribution is -2.31. The second kappa shape index (κ2) is 300. The van der Waals surface area contributed by atoms with E-state index in [1.807, 2.05) is 118 Å². The highest BCUT2D eigenvalue weighted by atomic mass is 127. The van der Waals surface area contributed by atoms with Gasteiger partial charge >= 0.3 is 12.4 Å². The monoisotopic (exact) mass is 2290 g/mol. The van der Waals surface area contributed by atoms with E-state index in [0.29, 0.717) is 20.3 Å². The molecule has 2 amide bonds. The molecular weight excluding hydrogens is 2070 g/mol. The third-order valence-corrected chi connectivity index (χ3v) is 10.2. The zero-order valence-electron chi connectivity index (χ0n) is 93.7. The Morgan fingerprint density at radius 3 is 0.609 bits per heavy atom. The number of aliphatic hydroxyl groups is 2. The molecular formula is C94H220B2Br2Cl2F8I2N4O14. The number of alkyl halides is 14. The van der Waals surface area contributed by atoms with Crippen molar-refractivity contribution in [3.63, 3.8) is 0 Å². The Morgan fingerprint density at radius 2 is 0.570 bits per heavy atom. The van der Waals surface area contributed by atoms with Crippen molar-refractivity contribution in [3.8, 4) is 0 Å². The maximum absolute atomic E-state index is 11.5. The Hall–Kier alpha value is -1.09. The van der Waals surface area contributed by atoms with Crippen molar-refractivity contribution >= 4 is 142 Å². The number of hydrogen-bond acceptors (Lipinski definition) is 14. The summed E-state index contributed by atoms with van der Waals surface area (Å²) in [4.78, 5) is 50.9. The van der Waals surface area contributed by atoms with Crippen LogP contribution in [0.2, 0.25) is 0 Å².